The zero-order valence-corrected chi connectivity index (χ0v) is 12.3. The van der Waals surface area contributed by atoms with Crippen molar-refractivity contribution >= 4 is 33.7 Å². The molecule has 0 aliphatic heterocycles. The molecule has 7 heteroatoms. The number of hydrogen-bond acceptors (Lipinski definition) is 4. The van der Waals surface area contributed by atoms with Gasteiger partial charge in [-0.25, -0.2) is 5.43 Å². The van der Waals surface area contributed by atoms with E-state index in [1.807, 2.05) is 6.07 Å². The van der Waals surface area contributed by atoms with Crippen LogP contribution in [0, 0.1) is 10.1 Å². The lowest BCUT2D eigenvalue weighted by atomic mass is 10.2. The summed E-state index contributed by atoms with van der Waals surface area (Å²) >= 11 is 3.27. The Morgan fingerprint density at radius 1 is 1.24 bits per heavy atom. The summed E-state index contributed by atoms with van der Waals surface area (Å²) < 4.78 is 0.790. The molecule has 21 heavy (non-hydrogen) atoms. The molecule has 0 aromatic heterocycles. The molecule has 0 aliphatic carbocycles. The maximum Gasteiger partial charge on any atom is 0.271 e. The van der Waals surface area contributed by atoms with Crippen molar-refractivity contribution in [3.8, 4) is 0 Å². The molecular formula is C14H10BrN3O3. The van der Waals surface area contributed by atoms with Gasteiger partial charge in [-0.3, -0.25) is 14.9 Å². The van der Waals surface area contributed by atoms with Gasteiger partial charge in [0.1, 0.15) is 0 Å². The molecule has 0 unspecified atom stereocenters. The second-order valence-electron chi connectivity index (χ2n) is 4.06. The molecule has 0 aliphatic rings. The minimum Gasteiger partial charge on any atom is -0.267 e. The molecule has 6 nitrogen and oxygen atoms in total. The Morgan fingerprint density at radius 2 is 2.00 bits per heavy atom. The number of hydrazone groups is 1. The summed E-state index contributed by atoms with van der Waals surface area (Å²) in [5.74, 6) is -0.363. The Morgan fingerprint density at radius 3 is 2.71 bits per heavy atom. The summed E-state index contributed by atoms with van der Waals surface area (Å²) in [4.78, 5) is 22.0. The van der Waals surface area contributed by atoms with E-state index in [2.05, 4.69) is 26.5 Å². The SMILES string of the molecule is O=C(N/N=C\c1cccc([N+](=O)[O-])c1)c1cccc(Br)c1. The number of rotatable bonds is 4. The molecule has 0 heterocycles. The van der Waals surface area contributed by atoms with E-state index in [1.54, 1.807) is 30.3 Å². The van der Waals surface area contributed by atoms with Crippen LogP contribution in [0.5, 0.6) is 0 Å². The summed E-state index contributed by atoms with van der Waals surface area (Å²) in [5, 5.41) is 14.4. The number of benzene rings is 2. The van der Waals surface area contributed by atoms with Crippen molar-refractivity contribution in [2.75, 3.05) is 0 Å². The van der Waals surface area contributed by atoms with E-state index in [9.17, 15) is 14.9 Å². The van der Waals surface area contributed by atoms with Crippen molar-refractivity contribution in [2.24, 2.45) is 5.10 Å². The molecule has 1 N–H and O–H groups in total. The molecular weight excluding hydrogens is 338 g/mol. The van der Waals surface area contributed by atoms with E-state index in [1.165, 1.54) is 18.3 Å². The minimum absolute atomic E-state index is 0.0303. The first-order valence-electron chi connectivity index (χ1n) is 5.90. The summed E-state index contributed by atoms with van der Waals surface area (Å²) in [5.41, 5.74) is 3.32. The minimum atomic E-state index is -0.489. The predicted molar refractivity (Wildman–Crippen MR) is 82.3 cm³/mol. The zero-order chi connectivity index (χ0) is 15.2. The van der Waals surface area contributed by atoms with Crippen molar-refractivity contribution in [1.29, 1.82) is 0 Å². The molecule has 106 valence electrons. The Labute approximate surface area is 128 Å². The van der Waals surface area contributed by atoms with Crippen LogP contribution in [0.1, 0.15) is 15.9 Å². The molecule has 1 amide bonds. The molecule has 2 aromatic carbocycles. The van der Waals surface area contributed by atoms with Gasteiger partial charge in [-0.1, -0.05) is 34.1 Å². The quantitative estimate of drug-likeness (QED) is 0.523. The Balaban J connectivity index is 2.04. The number of nitrogens with zero attached hydrogens (tertiary/aromatic N) is 2. The highest BCUT2D eigenvalue weighted by Crippen LogP contribution is 2.12. The Hall–Kier alpha value is -2.54. The number of nitro benzene ring substituents is 1. The second kappa shape index (κ2) is 6.76. The lowest BCUT2D eigenvalue weighted by Gasteiger charge is -2.00. The normalized spacial score (nSPS) is 10.5. The van der Waals surface area contributed by atoms with Gasteiger partial charge in [-0.2, -0.15) is 5.10 Å². The third kappa shape index (κ3) is 4.22. The van der Waals surface area contributed by atoms with Gasteiger partial charge in [0, 0.05) is 27.7 Å². The number of nitro groups is 1. The van der Waals surface area contributed by atoms with Crippen LogP contribution in [0.2, 0.25) is 0 Å². The highest BCUT2D eigenvalue weighted by molar-refractivity contribution is 9.10. The lowest BCUT2D eigenvalue weighted by Crippen LogP contribution is -2.17. The molecule has 0 atom stereocenters. The largest absolute Gasteiger partial charge is 0.271 e. The lowest BCUT2D eigenvalue weighted by molar-refractivity contribution is -0.384. The zero-order valence-electron chi connectivity index (χ0n) is 10.7. The van der Waals surface area contributed by atoms with E-state index in [-0.39, 0.29) is 11.6 Å². The van der Waals surface area contributed by atoms with Crippen molar-refractivity contribution in [3.63, 3.8) is 0 Å². The maximum absolute atomic E-state index is 11.8. The number of amides is 1. The second-order valence-corrected chi connectivity index (χ2v) is 4.98. The van der Waals surface area contributed by atoms with Gasteiger partial charge in [0.25, 0.3) is 11.6 Å². The molecule has 0 saturated heterocycles. The van der Waals surface area contributed by atoms with E-state index in [0.717, 1.165) is 4.47 Å². The van der Waals surface area contributed by atoms with Crippen LogP contribution in [-0.2, 0) is 0 Å². The van der Waals surface area contributed by atoms with Gasteiger partial charge in [0.2, 0.25) is 0 Å². The molecule has 0 spiro atoms. The van der Waals surface area contributed by atoms with Crippen LogP contribution in [-0.4, -0.2) is 17.0 Å². The van der Waals surface area contributed by atoms with Crippen LogP contribution in [0.4, 0.5) is 5.69 Å². The van der Waals surface area contributed by atoms with Crippen LogP contribution >= 0.6 is 15.9 Å². The molecule has 2 rings (SSSR count). The van der Waals surface area contributed by atoms with Crippen LogP contribution < -0.4 is 5.43 Å². The van der Waals surface area contributed by atoms with Gasteiger partial charge in [0.05, 0.1) is 11.1 Å². The fourth-order valence-electron chi connectivity index (χ4n) is 1.58. The first-order chi connectivity index (χ1) is 10.1. The number of non-ortho nitro benzene ring substituents is 1. The van der Waals surface area contributed by atoms with Gasteiger partial charge < -0.3 is 0 Å². The van der Waals surface area contributed by atoms with Gasteiger partial charge in [-0.15, -0.1) is 0 Å². The highest BCUT2D eigenvalue weighted by Gasteiger charge is 2.05. The molecule has 2 aromatic rings. The summed E-state index contributed by atoms with van der Waals surface area (Å²) in [6.45, 7) is 0. The predicted octanol–water partition coefficient (Wildman–Crippen LogP) is 3.12. The van der Waals surface area contributed by atoms with Gasteiger partial charge in [0.15, 0.2) is 0 Å². The standard InChI is InChI=1S/C14H10BrN3O3/c15-12-5-2-4-11(8-12)14(19)17-16-9-10-3-1-6-13(7-10)18(20)21/h1-9H,(H,17,19)/b16-9-. The Bertz CT molecular complexity index is 716. The highest BCUT2D eigenvalue weighted by atomic mass is 79.9. The van der Waals surface area contributed by atoms with Crippen molar-refractivity contribution in [3.05, 3.63) is 74.2 Å². The first-order valence-corrected chi connectivity index (χ1v) is 6.69. The molecule has 0 fully saturated rings. The fraction of sp³-hybridized carbons (Fsp3) is 0. The number of halogens is 1. The average Bonchev–Trinajstić information content (AvgIpc) is 2.47. The third-order valence-corrected chi connectivity index (χ3v) is 3.04. The number of carbonyl (C=O) groups is 1. The van der Waals surface area contributed by atoms with Gasteiger partial charge >= 0.3 is 0 Å². The number of hydrogen-bond donors (Lipinski definition) is 1. The summed E-state index contributed by atoms with van der Waals surface area (Å²) in [6, 6.07) is 12.8. The van der Waals surface area contributed by atoms with E-state index >= 15 is 0 Å². The Kier molecular flexibility index (Phi) is 4.78. The van der Waals surface area contributed by atoms with Crippen molar-refractivity contribution in [2.45, 2.75) is 0 Å². The molecule has 0 radical (unpaired) electrons. The van der Waals surface area contributed by atoms with E-state index in [4.69, 9.17) is 0 Å². The van der Waals surface area contributed by atoms with Crippen LogP contribution in [0.15, 0.2) is 58.1 Å². The summed E-state index contributed by atoms with van der Waals surface area (Å²) in [7, 11) is 0. The van der Waals surface area contributed by atoms with Crippen molar-refractivity contribution in [1.82, 2.24) is 5.43 Å². The van der Waals surface area contributed by atoms with Gasteiger partial charge in [-0.05, 0) is 18.2 Å². The average molecular weight is 348 g/mol. The number of carbonyl (C=O) groups excluding carboxylic acids is 1. The monoisotopic (exact) mass is 347 g/mol. The van der Waals surface area contributed by atoms with Crippen LogP contribution in [0.3, 0.4) is 0 Å². The topological polar surface area (TPSA) is 84.6 Å². The van der Waals surface area contributed by atoms with E-state index < -0.39 is 4.92 Å². The smallest absolute Gasteiger partial charge is 0.267 e. The molecule has 0 saturated carbocycles. The first kappa shape index (κ1) is 14.9. The summed E-state index contributed by atoms with van der Waals surface area (Å²) in [6.07, 6.45) is 1.35. The molecule has 0 bridgehead atoms. The van der Waals surface area contributed by atoms with E-state index in [0.29, 0.717) is 11.1 Å². The maximum atomic E-state index is 11.8. The van der Waals surface area contributed by atoms with Crippen LogP contribution in [0.25, 0.3) is 0 Å². The fourth-order valence-corrected chi connectivity index (χ4v) is 1.98. The third-order valence-electron chi connectivity index (χ3n) is 2.55. The van der Waals surface area contributed by atoms with Crippen molar-refractivity contribution < 1.29 is 9.72 Å². The number of nitrogens with one attached hydrogen (secondary N) is 1.